The van der Waals surface area contributed by atoms with Crippen LogP contribution in [-0.2, 0) is 11.3 Å². The third kappa shape index (κ3) is 3.82. The maximum absolute atomic E-state index is 5.89. The van der Waals surface area contributed by atoms with Crippen molar-refractivity contribution >= 4 is 11.6 Å². The molecule has 0 aromatic carbocycles. The lowest BCUT2D eigenvalue weighted by Crippen LogP contribution is -2.36. The molecule has 20 heavy (non-hydrogen) atoms. The van der Waals surface area contributed by atoms with E-state index in [-0.39, 0.29) is 0 Å². The SMILES string of the molecule is CCOCc1nc(N)cc(N(C)C2CCCC(C)C2)n1. The fourth-order valence-corrected chi connectivity index (χ4v) is 2.88. The van der Waals surface area contributed by atoms with E-state index in [1.807, 2.05) is 13.0 Å². The monoisotopic (exact) mass is 278 g/mol. The number of nitrogen functional groups attached to an aromatic ring is 1. The van der Waals surface area contributed by atoms with Crippen LogP contribution in [0, 0.1) is 5.92 Å². The Hall–Kier alpha value is -1.36. The molecule has 2 rings (SSSR count). The van der Waals surface area contributed by atoms with Crippen molar-refractivity contribution in [1.29, 1.82) is 0 Å². The third-order valence-corrected chi connectivity index (χ3v) is 4.03. The molecule has 0 radical (unpaired) electrons. The molecule has 5 heteroatoms. The molecule has 112 valence electrons. The smallest absolute Gasteiger partial charge is 0.158 e. The molecular weight excluding hydrogens is 252 g/mol. The van der Waals surface area contributed by atoms with E-state index in [1.165, 1.54) is 25.7 Å². The zero-order valence-electron chi connectivity index (χ0n) is 12.8. The van der Waals surface area contributed by atoms with Crippen LogP contribution in [0.3, 0.4) is 0 Å². The molecule has 2 atom stereocenters. The Labute approximate surface area is 121 Å². The van der Waals surface area contributed by atoms with E-state index in [9.17, 15) is 0 Å². The molecule has 1 aromatic rings. The van der Waals surface area contributed by atoms with Crippen molar-refractivity contribution in [1.82, 2.24) is 9.97 Å². The van der Waals surface area contributed by atoms with E-state index in [0.717, 1.165) is 11.7 Å². The summed E-state index contributed by atoms with van der Waals surface area (Å²) in [6.07, 6.45) is 5.08. The predicted molar refractivity (Wildman–Crippen MR) is 81.6 cm³/mol. The van der Waals surface area contributed by atoms with Gasteiger partial charge in [0.2, 0.25) is 0 Å². The van der Waals surface area contributed by atoms with E-state index >= 15 is 0 Å². The highest BCUT2D eigenvalue weighted by atomic mass is 16.5. The molecule has 1 aromatic heterocycles. The average Bonchev–Trinajstić information content (AvgIpc) is 2.43. The van der Waals surface area contributed by atoms with Crippen LogP contribution in [0.1, 0.15) is 45.4 Å². The van der Waals surface area contributed by atoms with Gasteiger partial charge in [-0.1, -0.05) is 19.8 Å². The Kier molecular flexibility index (Phi) is 5.17. The van der Waals surface area contributed by atoms with Crippen LogP contribution in [0.25, 0.3) is 0 Å². The van der Waals surface area contributed by atoms with Gasteiger partial charge in [0.15, 0.2) is 5.82 Å². The molecule has 1 heterocycles. The summed E-state index contributed by atoms with van der Waals surface area (Å²) in [7, 11) is 2.11. The number of rotatable bonds is 5. The van der Waals surface area contributed by atoms with Gasteiger partial charge >= 0.3 is 0 Å². The first-order valence-electron chi connectivity index (χ1n) is 7.54. The predicted octanol–water partition coefficient (Wildman–Crippen LogP) is 2.61. The van der Waals surface area contributed by atoms with Gasteiger partial charge in [-0.05, 0) is 25.7 Å². The van der Waals surface area contributed by atoms with Crippen molar-refractivity contribution in [2.24, 2.45) is 5.92 Å². The Morgan fingerprint density at radius 2 is 2.20 bits per heavy atom. The molecule has 1 aliphatic carbocycles. The second-order valence-corrected chi connectivity index (χ2v) is 5.74. The minimum Gasteiger partial charge on any atom is -0.384 e. The minimum atomic E-state index is 0.420. The van der Waals surface area contributed by atoms with Crippen LogP contribution >= 0.6 is 0 Å². The van der Waals surface area contributed by atoms with Crippen molar-refractivity contribution in [3.05, 3.63) is 11.9 Å². The first-order valence-corrected chi connectivity index (χ1v) is 7.54. The number of hydrogen-bond donors (Lipinski definition) is 1. The lowest BCUT2D eigenvalue weighted by molar-refractivity contribution is 0.128. The molecule has 1 aliphatic rings. The molecule has 0 saturated heterocycles. The van der Waals surface area contributed by atoms with E-state index in [2.05, 4.69) is 28.8 Å². The normalized spacial score (nSPS) is 22.8. The number of ether oxygens (including phenoxy) is 1. The van der Waals surface area contributed by atoms with Gasteiger partial charge in [-0.2, -0.15) is 0 Å². The molecule has 0 aliphatic heterocycles. The molecule has 2 unspecified atom stereocenters. The molecule has 1 fully saturated rings. The third-order valence-electron chi connectivity index (χ3n) is 4.03. The van der Waals surface area contributed by atoms with Gasteiger partial charge in [-0.25, -0.2) is 9.97 Å². The first-order chi connectivity index (χ1) is 9.60. The second-order valence-electron chi connectivity index (χ2n) is 5.74. The summed E-state index contributed by atoms with van der Waals surface area (Å²) in [5.74, 6) is 2.88. The Morgan fingerprint density at radius 3 is 2.90 bits per heavy atom. The Morgan fingerprint density at radius 1 is 1.40 bits per heavy atom. The maximum Gasteiger partial charge on any atom is 0.158 e. The Balaban J connectivity index is 2.11. The Bertz CT molecular complexity index is 438. The van der Waals surface area contributed by atoms with Crippen molar-refractivity contribution in [2.75, 3.05) is 24.3 Å². The highest BCUT2D eigenvalue weighted by Crippen LogP contribution is 2.29. The lowest BCUT2D eigenvalue weighted by atomic mass is 9.86. The van der Waals surface area contributed by atoms with Crippen molar-refractivity contribution < 1.29 is 4.74 Å². The van der Waals surface area contributed by atoms with Crippen LogP contribution in [0.4, 0.5) is 11.6 Å². The number of aromatic nitrogens is 2. The molecular formula is C15H26N4O. The van der Waals surface area contributed by atoms with Gasteiger partial charge in [0, 0.05) is 25.8 Å². The molecule has 0 spiro atoms. The van der Waals surface area contributed by atoms with Gasteiger partial charge in [0.1, 0.15) is 18.2 Å². The quantitative estimate of drug-likeness (QED) is 0.897. The van der Waals surface area contributed by atoms with E-state index < -0.39 is 0 Å². The number of anilines is 2. The van der Waals surface area contributed by atoms with Crippen molar-refractivity contribution in [2.45, 2.75) is 52.2 Å². The summed E-state index contributed by atoms with van der Waals surface area (Å²) in [6, 6.07) is 2.40. The van der Waals surface area contributed by atoms with Gasteiger partial charge in [0.05, 0.1) is 0 Å². The lowest BCUT2D eigenvalue weighted by Gasteiger charge is -2.35. The van der Waals surface area contributed by atoms with E-state index in [0.29, 0.717) is 30.9 Å². The van der Waals surface area contributed by atoms with Gasteiger partial charge < -0.3 is 15.4 Å². The standard InChI is InChI=1S/C15H26N4O/c1-4-20-10-14-17-13(16)9-15(18-14)19(3)12-7-5-6-11(2)8-12/h9,11-12H,4-8,10H2,1-3H3,(H2,16,17,18). The summed E-state index contributed by atoms with van der Waals surface area (Å²) < 4.78 is 5.37. The summed E-state index contributed by atoms with van der Waals surface area (Å²) >= 11 is 0. The zero-order chi connectivity index (χ0) is 14.5. The number of hydrogen-bond acceptors (Lipinski definition) is 5. The summed E-state index contributed by atoms with van der Waals surface area (Å²) in [5.41, 5.74) is 5.89. The highest BCUT2D eigenvalue weighted by Gasteiger charge is 2.23. The van der Waals surface area contributed by atoms with Crippen molar-refractivity contribution in [3.8, 4) is 0 Å². The molecule has 5 nitrogen and oxygen atoms in total. The zero-order valence-corrected chi connectivity index (χ0v) is 12.8. The van der Waals surface area contributed by atoms with Crippen LogP contribution in [0.5, 0.6) is 0 Å². The largest absolute Gasteiger partial charge is 0.384 e. The van der Waals surface area contributed by atoms with Crippen LogP contribution in [0.2, 0.25) is 0 Å². The summed E-state index contributed by atoms with van der Waals surface area (Å²) in [4.78, 5) is 11.1. The summed E-state index contributed by atoms with van der Waals surface area (Å²) in [5, 5.41) is 0. The van der Waals surface area contributed by atoms with E-state index in [1.54, 1.807) is 0 Å². The first kappa shape index (κ1) is 15.0. The second kappa shape index (κ2) is 6.88. The topological polar surface area (TPSA) is 64.3 Å². The van der Waals surface area contributed by atoms with Crippen LogP contribution < -0.4 is 10.6 Å². The van der Waals surface area contributed by atoms with Gasteiger partial charge in [-0.15, -0.1) is 0 Å². The minimum absolute atomic E-state index is 0.420. The highest BCUT2D eigenvalue weighted by molar-refractivity contribution is 5.47. The molecule has 2 N–H and O–H groups in total. The average molecular weight is 278 g/mol. The molecule has 1 saturated carbocycles. The number of nitrogens with two attached hydrogens (primary N) is 1. The van der Waals surface area contributed by atoms with Gasteiger partial charge in [0.25, 0.3) is 0 Å². The number of nitrogens with zero attached hydrogens (tertiary/aromatic N) is 3. The fourth-order valence-electron chi connectivity index (χ4n) is 2.88. The van der Waals surface area contributed by atoms with Crippen LogP contribution in [-0.4, -0.2) is 29.7 Å². The summed E-state index contributed by atoms with van der Waals surface area (Å²) in [6.45, 7) is 5.37. The fraction of sp³-hybridized carbons (Fsp3) is 0.733. The maximum atomic E-state index is 5.89. The van der Waals surface area contributed by atoms with Gasteiger partial charge in [-0.3, -0.25) is 0 Å². The molecule has 0 bridgehead atoms. The van der Waals surface area contributed by atoms with Crippen molar-refractivity contribution in [3.63, 3.8) is 0 Å². The van der Waals surface area contributed by atoms with E-state index in [4.69, 9.17) is 10.5 Å². The molecule has 0 amide bonds. The van der Waals surface area contributed by atoms with Crippen LogP contribution in [0.15, 0.2) is 6.07 Å².